The first-order valence-corrected chi connectivity index (χ1v) is 10.9. The molecule has 0 aromatic rings. The second-order valence-corrected chi connectivity index (χ2v) is 10.2. The van der Waals surface area contributed by atoms with Crippen LogP contribution in [0, 0.1) is 5.92 Å². The number of carbonyl (C=O) groups excluding carboxylic acids is 1. The fraction of sp³-hybridized carbons (Fsp3) is 0.882. The van der Waals surface area contributed by atoms with E-state index in [0.29, 0.717) is 18.9 Å². The van der Waals surface area contributed by atoms with Gasteiger partial charge in [-0.2, -0.15) is 0 Å². The molecule has 1 amide bonds. The Morgan fingerprint density at radius 2 is 1.73 bits per heavy atom. The molecule has 0 aliphatic heterocycles. The van der Waals surface area contributed by atoms with Crippen molar-refractivity contribution in [1.29, 1.82) is 0 Å². The number of rotatable bonds is 8. The lowest BCUT2D eigenvalue weighted by Gasteiger charge is -2.27. The number of hydrogen-bond donors (Lipinski definition) is 3. The van der Waals surface area contributed by atoms with Crippen LogP contribution in [-0.4, -0.2) is 63.8 Å². The minimum atomic E-state index is -2.99. The van der Waals surface area contributed by atoms with Crippen LogP contribution in [0.1, 0.15) is 48.0 Å². The number of guanidine groups is 1. The monoisotopic (exact) mass is 392 g/mol. The van der Waals surface area contributed by atoms with E-state index in [9.17, 15) is 13.2 Å². The lowest BCUT2D eigenvalue weighted by molar-refractivity contribution is 0.0491. The maximum absolute atomic E-state index is 12.0. The molecule has 26 heavy (non-hydrogen) atoms. The van der Waals surface area contributed by atoms with Gasteiger partial charge in [0.15, 0.2) is 5.96 Å². The second-order valence-electron chi connectivity index (χ2n) is 7.91. The summed E-state index contributed by atoms with van der Waals surface area (Å²) in [5, 5.41) is 9.19. The number of aliphatic imine (C=N–C) groups is 1. The van der Waals surface area contributed by atoms with E-state index >= 15 is 0 Å². The molecule has 8 nitrogen and oxygen atoms in total. The zero-order chi connectivity index (χ0) is 20.5. The van der Waals surface area contributed by atoms with Gasteiger partial charge in [0.05, 0.1) is 11.8 Å². The standard InChI is InChI=1S/C17H36N4O4S/c1-12(2)14(21-16(22)25-17(4,5)6)11-19-15(18-7)20-13(3)9-10-26(8,23)24/h12-14H,9-11H2,1-8H3,(H,21,22)(H2,18,19,20). The number of nitrogens with one attached hydrogen (secondary N) is 3. The summed E-state index contributed by atoms with van der Waals surface area (Å²) in [6.07, 6.45) is 1.26. The van der Waals surface area contributed by atoms with E-state index < -0.39 is 21.5 Å². The van der Waals surface area contributed by atoms with Crippen molar-refractivity contribution in [3.05, 3.63) is 0 Å². The summed E-state index contributed by atoms with van der Waals surface area (Å²) in [7, 11) is -1.35. The van der Waals surface area contributed by atoms with Crippen molar-refractivity contribution >= 4 is 21.9 Å². The van der Waals surface area contributed by atoms with Crippen molar-refractivity contribution in [2.75, 3.05) is 25.6 Å². The van der Waals surface area contributed by atoms with E-state index in [1.807, 2.05) is 41.5 Å². The van der Waals surface area contributed by atoms with Gasteiger partial charge >= 0.3 is 6.09 Å². The van der Waals surface area contributed by atoms with Gasteiger partial charge in [0, 0.05) is 25.9 Å². The largest absolute Gasteiger partial charge is 0.444 e. The van der Waals surface area contributed by atoms with Crippen LogP contribution in [-0.2, 0) is 14.6 Å². The highest BCUT2D eigenvalue weighted by Gasteiger charge is 2.21. The van der Waals surface area contributed by atoms with Gasteiger partial charge in [-0.05, 0) is 40.0 Å². The van der Waals surface area contributed by atoms with Crippen LogP contribution in [0.5, 0.6) is 0 Å². The van der Waals surface area contributed by atoms with E-state index in [1.165, 1.54) is 6.26 Å². The first kappa shape index (κ1) is 24.5. The van der Waals surface area contributed by atoms with Crippen LogP contribution < -0.4 is 16.0 Å². The summed E-state index contributed by atoms with van der Waals surface area (Å²) in [6.45, 7) is 11.8. The third kappa shape index (κ3) is 12.8. The average molecular weight is 393 g/mol. The Balaban J connectivity index is 4.58. The maximum Gasteiger partial charge on any atom is 0.407 e. The summed E-state index contributed by atoms with van der Waals surface area (Å²) >= 11 is 0. The van der Waals surface area contributed by atoms with Gasteiger partial charge in [-0.15, -0.1) is 0 Å². The molecule has 2 unspecified atom stereocenters. The van der Waals surface area contributed by atoms with Crippen molar-refractivity contribution in [2.24, 2.45) is 10.9 Å². The number of ether oxygens (including phenoxy) is 1. The van der Waals surface area contributed by atoms with Crippen LogP contribution in [0.2, 0.25) is 0 Å². The van der Waals surface area contributed by atoms with Crippen LogP contribution >= 0.6 is 0 Å². The molecule has 0 aliphatic carbocycles. The highest BCUT2D eigenvalue weighted by Crippen LogP contribution is 2.08. The molecule has 3 N–H and O–H groups in total. The molecule has 0 radical (unpaired) electrons. The van der Waals surface area contributed by atoms with Crippen LogP contribution in [0.25, 0.3) is 0 Å². The summed E-state index contributed by atoms with van der Waals surface area (Å²) in [5.74, 6) is 0.867. The van der Waals surface area contributed by atoms with Crippen molar-refractivity contribution in [3.63, 3.8) is 0 Å². The summed E-state index contributed by atoms with van der Waals surface area (Å²) in [4.78, 5) is 16.1. The number of hydrogen-bond acceptors (Lipinski definition) is 5. The molecule has 0 aliphatic rings. The van der Waals surface area contributed by atoms with Gasteiger partial charge in [0.1, 0.15) is 15.4 Å². The lowest BCUT2D eigenvalue weighted by Crippen LogP contribution is -2.51. The van der Waals surface area contributed by atoms with Gasteiger partial charge in [0.25, 0.3) is 0 Å². The topological polar surface area (TPSA) is 109 Å². The maximum atomic E-state index is 12.0. The zero-order valence-electron chi connectivity index (χ0n) is 17.3. The summed E-state index contributed by atoms with van der Waals surface area (Å²) in [5.41, 5.74) is -0.550. The second kappa shape index (κ2) is 10.6. The fourth-order valence-corrected chi connectivity index (χ4v) is 2.79. The number of sulfone groups is 1. The van der Waals surface area contributed by atoms with Crippen LogP contribution in [0.3, 0.4) is 0 Å². The van der Waals surface area contributed by atoms with Gasteiger partial charge in [0.2, 0.25) is 0 Å². The zero-order valence-corrected chi connectivity index (χ0v) is 18.2. The minimum Gasteiger partial charge on any atom is -0.444 e. The molecule has 0 aromatic carbocycles. The Morgan fingerprint density at radius 1 is 1.15 bits per heavy atom. The number of nitrogens with zero attached hydrogens (tertiary/aromatic N) is 1. The van der Waals surface area contributed by atoms with Crippen molar-refractivity contribution < 1.29 is 17.9 Å². The molecular formula is C17H36N4O4S. The molecule has 0 saturated heterocycles. The molecule has 0 spiro atoms. The Bertz CT molecular complexity index is 568. The van der Waals surface area contributed by atoms with Crippen molar-refractivity contribution in [1.82, 2.24) is 16.0 Å². The fourth-order valence-electron chi connectivity index (χ4n) is 2.01. The van der Waals surface area contributed by atoms with E-state index in [0.717, 1.165) is 0 Å². The Labute approximate surface area is 158 Å². The summed E-state index contributed by atoms with van der Waals surface area (Å²) in [6, 6.07) is -0.193. The van der Waals surface area contributed by atoms with Gasteiger partial charge in [-0.25, -0.2) is 13.2 Å². The molecule has 0 rings (SSSR count). The van der Waals surface area contributed by atoms with E-state index in [2.05, 4.69) is 20.9 Å². The Kier molecular flexibility index (Phi) is 9.98. The Hall–Kier alpha value is -1.51. The smallest absolute Gasteiger partial charge is 0.407 e. The lowest BCUT2D eigenvalue weighted by atomic mass is 10.0. The predicted molar refractivity (Wildman–Crippen MR) is 106 cm³/mol. The molecule has 0 fully saturated rings. The van der Waals surface area contributed by atoms with Crippen LogP contribution in [0.15, 0.2) is 4.99 Å². The first-order valence-electron chi connectivity index (χ1n) is 8.88. The van der Waals surface area contributed by atoms with E-state index in [-0.39, 0.29) is 23.8 Å². The summed E-state index contributed by atoms with van der Waals surface area (Å²) < 4.78 is 27.8. The molecule has 154 valence electrons. The SMILES string of the molecule is CN=C(NCC(NC(=O)OC(C)(C)C)C(C)C)NC(C)CCS(C)(=O)=O. The van der Waals surface area contributed by atoms with Gasteiger partial charge < -0.3 is 20.7 Å². The average Bonchev–Trinajstić information content (AvgIpc) is 2.45. The molecule has 0 saturated carbocycles. The molecular weight excluding hydrogens is 356 g/mol. The minimum absolute atomic E-state index is 0.0489. The molecule has 0 bridgehead atoms. The third-order valence-corrected chi connectivity index (χ3v) is 4.50. The van der Waals surface area contributed by atoms with Gasteiger partial charge in [-0.3, -0.25) is 4.99 Å². The molecule has 9 heteroatoms. The van der Waals surface area contributed by atoms with E-state index in [1.54, 1.807) is 7.05 Å². The normalized spacial score (nSPS) is 15.3. The predicted octanol–water partition coefficient (Wildman–Crippen LogP) is 1.52. The van der Waals surface area contributed by atoms with Crippen molar-refractivity contribution in [2.45, 2.75) is 65.6 Å². The van der Waals surface area contributed by atoms with Crippen LogP contribution in [0.4, 0.5) is 4.79 Å². The van der Waals surface area contributed by atoms with Crippen molar-refractivity contribution in [3.8, 4) is 0 Å². The van der Waals surface area contributed by atoms with Gasteiger partial charge in [-0.1, -0.05) is 13.8 Å². The number of amides is 1. The number of carbonyl (C=O) groups is 1. The van der Waals surface area contributed by atoms with E-state index in [4.69, 9.17) is 4.74 Å². The highest BCUT2D eigenvalue weighted by atomic mass is 32.2. The highest BCUT2D eigenvalue weighted by molar-refractivity contribution is 7.90. The molecule has 0 aromatic heterocycles. The quantitative estimate of drug-likeness (QED) is 0.427. The first-order chi connectivity index (χ1) is 11.7. The Morgan fingerprint density at radius 3 is 2.15 bits per heavy atom. The third-order valence-electron chi connectivity index (χ3n) is 3.52. The molecule has 2 atom stereocenters. The molecule has 0 heterocycles. The number of alkyl carbamates (subject to hydrolysis) is 1.